The summed E-state index contributed by atoms with van der Waals surface area (Å²) in [4.78, 5) is 13.8. The van der Waals surface area contributed by atoms with Crippen LogP contribution < -0.4 is 5.73 Å². The van der Waals surface area contributed by atoms with E-state index >= 15 is 0 Å². The Morgan fingerprint density at radius 2 is 1.75 bits per heavy atom. The second kappa shape index (κ2) is 7.38. The Balaban J connectivity index is 2.52. The second-order valence-electron chi connectivity index (χ2n) is 5.78. The van der Waals surface area contributed by atoms with Gasteiger partial charge in [-0.2, -0.15) is 4.31 Å². The first-order valence-corrected chi connectivity index (χ1v) is 8.91. The summed E-state index contributed by atoms with van der Waals surface area (Å²) >= 11 is 0. The Morgan fingerprint density at radius 1 is 1.20 bits per heavy atom. The van der Waals surface area contributed by atoms with Crippen LogP contribution in [-0.4, -0.2) is 61.5 Å². The maximum Gasteiger partial charge on any atom is 0.239 e. The van der Waals surface area contributed by atoms with Gasteiger partial charge in [-0.25, -0.2) is 8.42 Å². The number of piperazine rings is 1. The lowest BCUT2D eigenvalue weighted by atomic mass is 10.0. The van der Waals surface area contributed by atoms with Crippen molar-refractivity contribution >= 4 is 15.9 Å². The zero-order chi connectivity index (χ0) is 15.3. The van der Waals surface area contributed by atoms with E-state index < -0.39 is 16.1 Å². The van der Waals surface area contributed by atoms with Gasteiger partial charge in [0.25, 0.3) is 0 Å². The van der Waals surface area contributed by atoms with Crippen LogP contribution in [0.15, 0.2) is 0 Å². The summed E-state index contributed by atoms with van der Waals surface area (Å²) in [5.74, 6) is 0.486. The van der Waals surface area contributed by atoms with Gasteiger partial charge in [-0.1, -0.05) is 20.8 Å². The molecule has 1 atom stereocenters. The largest absolute Gasteiger partial charge is 0.339 e. The van der Waals surface area contributed by atoms with E-state index in [1.54, 1.807) is 4.90 Å². The van der Waals surface area contributed by atoms with E-state index in [0.29, 0.717) is 44.9 Å². The molecule has 118 valence electrons. The van der Waals surface area contributed by atoms with Crippen LogP contribution in [0.4, 0.5) is 0 Å². The molecule has 20 heavy (non-hydrogen) atoms. The smallest absolute Gasteiger partial charge is 0.239 e. The molecule has 7 heteroatoms. The molecule has 1 aliphatic rings. The van der Waals surface area contributed by atoms with E-state index in [9.17, 15) is 13.2 Å². The Kier molecular flexibility index (Phi) is 6.42. The molecule has 0 aromatic rings. The van der Waals surface area contributed by atoms with Crippen molar-refractivity contribution in [3.8, 4) is 0 Å². The average Bonchev–Trinajstić information content (AvgIpc) is 2.37. The highest BCUT2D eigenvalue weighted by Gasteiger charge is 2.30. The monoisotopic (exact) mass is 305 g/mol. The third-order valence-corrected chi connectivity index (χ3v) is 5.52. The molecule has 0 aromatic heterocycles. The van der Waals surface area contributed by atoms with Gasteiger partial charge in [-0.3, -0.25) is 4.79 Å². The van der Waals surface area contributed by atoms with Gasteiger partial charge in [0.15, 0.2) is 0 Å². The van der Waals surface area contributed by atoms with Gasteiger partial charge >= 0.3 is 0 Å². The molecule has 1 fully saturated rings. The molecule has 0 aliphatic carbocycles. The van der Waals surface area contributed by atoms with Crippen molar-refractivity contribution < 1.29 is 13.2 Å². The van der Waals surface area contributed by atoms with Crippen LogP contribution in [0.5, 0.6) is 0 Å². The number of nitrogens with zero attached hydrogens (tertiary/aromatic N) is 2. The number of hydrogen-bond donors (Lipinski definition) is 1. The number of carbonyl (C=O) groups excluding carboxylic acids is 1. The SMILES string of the molecule is CCCS(=O)(=O)N1CCN(C(=O)C(N)CC(C)C)CC1. The number of carbonyl (C=O) groups is 1. The van der Waals surface area contributed by atoms with Crippen molar-refractivity contribution in [2.24, 2.45) is 11.7 Å². The summed E-state index contributed by atoms with van der Waals surface area (Å²) in [6.45, 7) is 7.54. The third kappa shape index (κ3) is 4.71. The van der Waals surface area contributed by atoms with Gasteiger partial charge < -0.3 is 10.6 Å². The highest BCUT2D eigenvalue weighted by atomic mass is 32.2. The molecule has 1 saturated heterocycles. The van der Waals surface area contributed by atoms with E-state index in [0.717, 1.165) is 0 Å². The lowest BCUT2D eigenvalue weighted by Crippen LogP contribution is -2.54. The van der Waals surface area contributed by atoms with Crippen LogP contribution in [0.3, 0.4) is 0 Å². The molecule has 2 N–H and O–H groups in total. The van der Waals surface area contributed by atoms with E-state index in [4.69, 9.17) is 5.73 Å². The fourth-order valence-electron chi connectivity index (χ4n) is 2.42. The van der Waals surface area contributed by atoms with Crippen molar-refractivity contribution in [1.82, 2.24) is 9.21 Å². The maximum absolute atomic E-state index is 12.1. The second-order valence-corrected chi connectivity index (χ2v) is 7.86. The van der Waals surface area contributed by atoms with Crippen LogP contribution in [-0.2, 0) is 14.8 Å². The van der Waals surface area contributed by atoms with Gasteiger partial charge in [0.05, 0.1) is 11.8 Å². The molecule has 0 saturated carbocycles. The van der Waals surface area contributed by atoms with E-state index in [2.05, 4.69) is 0 Å². The summed E-state index contributed by atoms with van der Waals surface area (Å²) < 4.78 is 25.4. The van der Waals surface area contributed by atoms with Crippen molar-refractivity contribution in [2.75, 3.05) is 31.9 Å². The molecule has 0 bridgehead atoms. The predicted molar refractivity (Wildman–Crippen MR) is 79.7 cm³/mol. The van der Waals surface area contributed by atoms with Gasteiger partial charge in [-0.15, -0.1) is 0 Å². The zero-order valence-electron chi connectivity index (χ0n) is 12.7. The van der Waals surface area contributed by atoms with Crippen molar-refractivity contribution in [2.45, 2.75) is 39.7 Å². The van der Waals surface area contributed by atoms with Crippen molar-refractivity contribution in [3.05, 3.63) is 0 Å². The van der Waals surface area contributed by atoms with Gasteiger partial charge in [0.2, 0.25) is 15.9 Å². The van der Waals surface area contributed by atoms with Gasteiger partial charge in [0, 0.05) is 26.2 Å². The Hall–Kier alpha value is -0.660. The first-order valence-electron chi connectivity index (χ1n) is 7.30. The minimum Gasteiger partial charge on any atom is -0.339 e. The van der Waals surface area contributed by atoms with Crippen LogP contribution >= 0.6 is 0 Å². The Labute approximate surface area is 122 Å². The lowest BCUT2D eigenvalue weighted by molar-refractivity contribution is -0.134. The first kappa shape index (κ1) is 17.4. The standard InChI is InChI=1S/C13H27N3O3S/c1-4-9-20(18,19)16-7-5-15(6-8-16)13(17)12(14)10-11(2)3/h11-12H,4-10,14H2,1-3H3. The topological polar surface area (TPSA) is 83.7 Å². The molecular weight excluding hydrogens is 278 g/mol. The number of hydrogen-bond acceptors (Lipinski definition) is 4. The zero-order valence-corrected chi connectivity index (χ0v) is 13.5. The van der Waals surface area contributed by atoms with Crippen molar-refractivity contribution in [1.29, 1.82) is 0 Å². The molecule has 1 heterocycles. The van der Waals surface area contributed by atoms with Gasteiger partial charge in [-0.05, 0) is 18.8 Å². The third-order valence-electron chi connectivity index (χ3n) is 3.45. The van der Waals surface area contributed by atoms with Crippen LogP contribution in [0.25, 0.3) is 0 Å². The quantitative estimate of drug-likeness (QED) is 0.762. The lowest BCUT2D eigenvalue weighted by Gasteiger charge is -2.35. The van der Waals surface area contributed by atoms with E-state index in [1.165, 1.54) is 4.31 Å². The molecule has 0 radical (unpaired) electrons. The van der Waals surface area contributed by atoms with Crippen LogP contribution in [0, 0.1) is 5.92 Å². The summed E-state index contributed by atoms with van der Waals surface area (Å²) in [7, 11) is -3.16. The fraction of sp³-hybridized carbons (Fsp3) is 0.923. The van der Waals surface area contributed by atoms with E-state index in [1.807, 2.05) is 20.8 Å². The fourth-order valence-corrected chi connectivity index (χ4v) is 3.91. The normalized spacial score (nSPS) is 19.4. The first-order chi connectivity index (χ1) is 9.27. The number of nitrogens with two attached hydrogens (primary N) is 1. The number of sulfonamides is 1. The minimum absolute atomic E-state index is 0.0637. The summed E-state index contributed by atoms with van der Waals surface area (Å²) in [6, 6.07) is -0.478. The molecule has 1 amide bonds. The molecule has 6 nitrogen and oxygen atoms in total. The predicted octanol–water partition coefficient (Wildman–Crippen LogP) is 0.244. The Bertz CT molecular complexity index is 415. The van der Waals surface area contributed by atoms with Crippen LogP contribution in [0.1, 0.15) is 33.6 Å². The molecular formula is C13H27N3O3S. The van der Waals surface area contributed by atoms with Crippen molar-refractivity contribution in [3.63, 3.8) is 0 Å². The number of amides is 1. The molecule has 0 spiro atoms. The maximum atomic E-state index is 12.1. The number of rotatable bonds is 6. The highest BCUT2D eigenvalue weighted by molar-refractivity contribution is 7.89. The highest BCUT2D eigenvalue weighted by Crippen LogP contribution is 2.12. The molecule has 1 unspecified atom stereocenters. The van der Waals surface area contributed by atoms with E-state index in [-0.39, 0.29) is 11.7 Å². The average molecular weight is 305 g/mol. The molecule has 0 aromatic carbocycles. The summed E-state index contributed by atoms with van der Waals surface area (Å²) in [5, 5.41) is 0. The van der Waals surface area contributed by atoms with Gasteiger partial charge in [0.1, 0.15) is 0 Å². The summed E-state index contributed by atoms with van der Waals surface area (Å²) in [5.41, 5.74) is 5.89. The summed E-state index contributed by atoms with van der Waals surface area (Å²) in [6.07, 6.45) is 1.27. The minimum atomic E-state index is -3.16. The van der Waals surface area contributed by atoms with Crippen LogP contribution in [0.2, 0.25) is 0 Å². The molecule has 1 aliphatic heterocycles. The Morgan fingerprint density at radius 3 is 2.20 bits per heavy atom. The molecule has 1 rings (SSSR count).